The Labute approximate surface area is 157 Å². The monoisotopic (exact) mass is 362 g/mol. The average Bonchev–Trinajstić information content (AvgIpc) is 2.70. The summed E-state index contributed by atoms with van der Waals surface area (Å²) < 4.78 is 10.7. The van der Waals surface area contributed by atoms with Gasteiger partial charge >= 0.3 is 0 Å². The van der Waals surface area contributed by atoms with Crippen molar-refractivity contribution in [2.75, 3.05) is 30.5 Å². The molecule has 136 valence electrons. The molecular weight excluding hydrogens is 344 g/mol. The first kappa shape index (κ1) is 18.1. The molecule has 0 unspecified atom stereocenters. The van der Waals surface area contributed by atoms with Gasteiger partial charge in [-0.05, 0) is 35.9 Å². The number of carbonyl (C=O) groups excluding carboxylic acids is 2. The summed E-state index contributed by atoms with van der Waals surface area (Å²) in [5, 5.41) is 3.00. The predicted molar refractivity (Wildman–Crippen MR) is 104 cm³/mol. The highest BCUT2D eigenvalue weighted by molar-refractivity contribution is 6.23. The van der Waals surface area contributed by atoms with Crippen LogP contribution in [0.4, 0.5) is 11.4 Å². The number of hydrogen-bond acceptors (Lipinski definition) is 5. The highest BCUT2D eigenvalue weighted by Crippen LogP contribution is 2.30. The second kappa shape index (κ2) is 8.11. The van der Waals surface area contributed by atoms with E-state index < -0.39 is 5.91 Å². The fraction of sp³-hybridized carbons (Fsp3) is 0.143. The summed E-state index contributed by atoms with van der Waals surface area (Å²) in [4.78, 5) is 26.0. The van der Waals surface area contributed by atoms with Gasteiger partial charge in [0.1, 0.15) is 6.61 Å². The van der Waals surface area contributed by atoms with Gasteiger partial charge in [-0.2, -0.15) is 0 Å². The van der Waals surface area contributed by atoms with Gasteiger partial charge in [-0.25, -0.2) is 4.90 Å². The molecule has 1 aliphatic rings. The van der Waals surface area contributed by atoms with Crippen LogP contribution in [0, 0.1) is 12.3 Å². The van der Waals surface area contributed by atoms with E-state index in [4.69, 9.17) is 15.9 Å². The van der Waals surface area contributed by atoms with Crippen LogP contribution in [-0.2, 0) is 9.59 Å². The molecule has 0 fully saturated rings. The molecule has 6 nitrogen and oxygen atoms in total. The number of hydrogen-bond donors (Lipinski definition) is 1. The van der Waals surface area contributed by atoms with Crippen LogP contribution in [0.1, 0.15) is 5.56 Å². The third kappa shape index (κ3) is 3.93. The Morgan fingerprint density at radius 3 is 2.89 bits per heavy atom. The minimum Gasteiger partial charge on any atom is -0.493 e. The lowest BCUT2D eigenvalue weighted by Gasteiger charge is -2.27. The fourth-order valence-electron chi connectivity index (χ4n) is 2.71. The number of fused-ring (bicyclic) bond motifs is 1. The summed E-state index contributed by atoms with van der Waals surface area (Å²) in [5.74, 6) is 2.69. The first-order valence-corrected chi connectivity index (χ1v) is 8.26. The lowest BCUT2D eigenvalue weighted by atomic mass is 10.1. The van der Waals surface area contributed by atoms with Crippen molar-refractivity contribution in [1.29, 1.82) is 0 Å². The normalized spacial score (nSPS) is 12.9. The number of imide groups is 1. The Kier molecular flexibility index (Phi) is 5.43. The van der Waals surface area contributed by atoms with Crippen LogP contribution in [0.5, 0.6) is 11.5 Å². The van der Waals surface area contributed by atoms with E-state index in [9.17, 15) is 9.59 Å². The first-order chi connectivity index (χ1) is 13.1. The van der Waals surface area contributed by atoms with Crippen molar-refractivity contribution in [3.63, 3.8) is 0 Å². The molecule has 6 heteroatoms. The predicted octanol–water partition coefficient (Wildman–Crippen LogP) is 2.71. The van der Waals surface area contributed by atoms with E-state index in [-0.39, 0.29) is 19.1 Å². The molecule has 2 aromatic rings. The third-order valence-corrected chi connectivity index (χ3v) is 3.96. The first-order valence-electron chi connectivity index (χ1n) is 8.26. The minimum absolute atomic E-state index is 0.0750. The molecule has 1 aliphatic heterocycles. The Bertz CT molecular complexity index is 943. The number of methoxy groups -OCH3 is 1. The smallest absolute Gasteiger partial charge is 0.257 e. The molecule has 0 aliphatic carbocycles. The quantitative estimate of drug-likeness (QED) is 0.654. The van der Waals surface area contributed by atoms with E-state index in [1.807, 2.05) is 12.1 Å². The highest BCUT2D eigenvalue weighted by atomic mass is 16.5. The van der Waals surface area contributed by atoms with Crippen LogP contribution in [0.2, 0.25) is 0 Å². The summed E-state index contributed by atoms with van der Waals surface area (Å²) in [5.41, 5.74) is 2.01. The Morgan fingerprint density at radius 2 is 2.11 bits per heavy atom. The number of terminal acetylenes is 1. The lowest BCUT2D eigenvalue weighted by molar-refractivity contribution is -0.123. The van der Waals surface area contributed by atoms with Gasteiger partial charge in [0.25, 0.3) is 11.8 Å². The van der Waals surface area contributed by atoms with Crippen LogP contribution in [0.3, 0.4) is 0 Å². The van der Waals surface area contributed by atoms with Crippen LogP contribution in [0.25, 0.3) is 6.08 Å². The summed E-state index contributed by atoms with van der Waals surface area (Å²) in [6, 6.07) is 12.4. The number of amides is 2. The number of anilines is 2. The zero-order valence-corrected chi connectivity index (χ0v) is 14.8. The molecule has 2 aromatic carbocycles. The zero-order valence-electron chi connectivity index (χ0n) is 14.8. The van der Waals surface area contributed by atoms with Gasteiger partial charge < -0.3 is 14.8 Å². The Balaban J connectivity index is 1.81. The highest BCUT2D eigenvalue weighted by Gasteiger charge is 2.27. The molecule has 2 amide bonds. The Morgan fingerprint density at radius 1 is 1.30 bits per heavy atom. The fourth-order valence-corrected chi connectivity index (χ4v) is 2.71. The van der Waals surface area contributed by atoms with E-state index in [2.05, 4.69) is 11.2 Å². The molecular formula is C21H18N2O4. The van der Waals surface area contributed by atoms with Crippen molar-refractivity contribution in [2.45, 2.75) is 0 Å². The summed E-state index contributed by atoms with van der Waals surface area (Å²) in [6.07, 6.45) is 8.17. The van der Waals surface area contributed by atoms with Gasteiger partial charge in [0.15, 0.2) is 11.5 Å². The molecule has 0 atom stereocenters. The van der Waals surface area contributed by atoms with Gasteiger partial charge in [-0.3, -0.25) is 9.59 Å². The van der Waals surface area contributed by atoms with Crippen molar-refractivity contribution < 1.29 is 19.1 Å². The summed E-state index contributed by atoms with van der Waals surface area (Å²) in [7, 11) is 1.52. The maximum absolute atomic E-state index is 12.6. The number of carbonyl (C=O) groups is 2. The topological polar surface area (TPSA) is 67.9 Å². The molecule has 3 rings (SSSR count). The maximum Gasteiger partial charge on any atom is 0.257 e. The standard InChI is InChI=1S/C21H18N2O4/c1-3-12-27-18-10-8-15(13-19(18)26-2)9-11-20(24)23-17-7-5-4-6-16(17)22-14-21(23)25/h1,4-11,13,22H,12,14H2,2H3. The number of rotatable bonds is 5. The van der Waals surface area contributed by atoms with Crippen LogP contribution in [0.15, 0.2) is 48.5 Å². The molecule has 0 radical (unpaired) electrons. The SMILES string of the molecule is C#CCOc1ccc(C=CC(=O)N2C(=O)CNc3ccccc32)cc1OC. The average molecular weight is 362 g/mol. The third-order valence-electron chi connectivity index (χ3n) is 3.96. The molecule has 1 heterocycles. The summed E-state index contributed by atoms with van der Waals surface area (Å²) >= 11 is 0. The number of para-hydroxylation sites is 2. The van der Waals surface area contributed by atoms with Crippen molar-refractivity contribution >= 4 is 29.3 Å². The van der Waals surface area contributed by atoms with Gasteiger partial charge in [-0.15, -0.1) is 6.42 Å². The number of nitrogens with one attached hydrogen (secondary N) is 1. The molecule has 0 aromatic heterocycles. The zero-order chi connectivity index (χ0) is 19.2. The maximum atomic E-state index is 12.6. The molecule has 0 saturated heterocycles. The van der Waals surface area contributed by atoms with Gasteiger partial charge in [0.05, 0.1) is 25.0 Å². The second-order valence-electron chi connectivity index (χ2n) is 5.67. The van der Waals surface area contributed by atoms with E-state index in [0.29, 0.717) is 17.2 Å². The van der Waals surface area contributed by atoms with E-state index in [0.717, 1.165) is 11.3 Å². The van der Waals surface area contributed by atoms with Crippen molar-refractivity contribution in [3.05, 3.63) is 54.1 Å². The number of benzene rings is 2. The van der Waals surface area contributed by atoms with Crippen LogP contribution < -0.4 is 19.7 Å². The molecule has 1 N–H and O–H groups in total. The Hall–Kier alpha value is -3.72. The minimum atomic E-state index is -0.416. The van der Waals surface area contributed by atoms with Crippen molar-refractivity contribution in [2.24, 2.45) is 0 Å². The number of ether oxygens (including phenoxy) is 2. The van der Waals surface area contributed by atoms with Crippen LogP contribution >= 0.6 is 0 Å². The van der Waals surface area contributed by atoms with Gasteiger partial charge in [0, 0.05) is 6.08 Å². The van der Waals surface area contributed by atoms with Gasteiger partial charge in [-0.1, -0.05) is 24.1 Å². The van der Waals surface area contributed by atoms with Crippen molar-refractivity contribution in [3.8, 4) is 23.8 Å². The molecule has 27 heavy (non-hydrogen) atoms. The second-order valence-corrected chi connectivity index (χ2v) is 5.67. The molecule has 0 spiro atoms. The van der Waals surface area contributed by atoms with Crippen molar-refractivity contribution in [1.82, 2.24) is 0 Å². The number of nitrogens with zero attached hydrogens (tertiary/aromatic N) is 1. The molecule has 0 bridgehead atoms. The van der Waals surface area contributed by atoms with E-state index in [1.54, 1.807) is 36.4 Å². The molecule has 0 saturated carbocycles. The van der Waals surface area contributed by atoms with Gasteiger partial charge in [0.2, 0.25) is 0 Å². The largest absolute Gasteiger partial charge is 0.493 e. The lowest BCUT2D eigenvalue weighted by Crippen LogP contribution is -2.43. The van der Waals surface area contributed by atoms with E-state index >= 15 is 0 Å². The summed E-state index contributed by atoms with van der Waals surface area (Å²) in [6.45, 7) is 0.209. The van der Waals surface area contributed by atoms with E-state index in [1.165, 1.54) is 18.1 Å². The van der Waals surface area contributed by atoms with Crippen LogP contribution in [-0.4, -0.2) is 32.1 Å².